The molecule has 0 radical (unpaired) electrons. The predicted octanol–water partition coefficient (Wildman–Crippen LogP) is 2.80. The van der Waals surface area contributed by atoms with Crippen molar-refractivity contribution in [3.63, 3.8) is 0 Å². The van der Waals surface area contributed by atoms with E-state index in [1.807, 2.05) is 78.9 Å². The molecule has 4 rings (SSSR count). The fraction of sp³-hybridized carbons (Fsp3) is 0.148. The lowest BCUT2D eigenvalue weighted by Gasteiger charge is -2.21. The molecule has 178 valence electrons. The van der Waals surface area contributed by atoms with Crippen LogP contribution in [0.1, 0.15) is 16.7 Å². The van der Waals surface area contributed by atoms with E-state index in [1.165, 1.54) is 11.6 Å². The average molecular weight is 471 g/mol. The number of nitrogens with zero attached hydrogens (tertiary/aromatic N) is 2. The number of nitrogens with two attached hydrogens (primary N) is 1. The highest BCUT2D eigenvalue weighted by atomic mass is 16.5. The number of H-pyrrole nitrogens is 1. The third-order valence-electron chi connectivity index (χ3n) is 5.67. The molecule has 0 spiro atoms. The molecule has 1 aromatic heterocycles. The molecule has 0 aliphatic carbocycles. The number of carbonyl (C=O) groups excluding carboxylic acids is 1. The second kappa shape index (κ2) is 10.6. The first-order chi connectivity index (χ1) is 16.9. The minimum atomic E-state index is -0.739. The third-order valence-corrected chi connectivity index (χ3v) is 5.67. The zero-order valence-corrected chi connectivity index (χ0v) is 19.3. The summed E-state index contributed by atoms with van der Waals surface area (Å²) in [7, 11) is 1.43. The number of anilines is 2. The van der Waals surface area contributed by atoms with Gasteiger partial charge in [0.1, 0.15) is 11.6 Å². The largest absolute Gasteiger partial charge is 0.483 e. The lowest BCUT2D eigenvalue weighted by atomic mass is 10.0. The minimum Gasteiger partial charge on any atom is -0.483 e. The molecule has 4 aromatic rings. The van der Waals surface area contributed by atoms with Gasteiger partial charge < -0.3 is 15.4 Å². The number of amides is 1. The number of para-hydroxylation sites is 1. The Morgan fingerprint density at radius 1 is 0.914 bits per heavy atom. The van der Waals surface area contributed by atoms with Crippen LogP contribution in [-0.2, 0) is 17.8 Å². The number of aromatic amines is 1. The molecule has 0 saturated carbocycles. The predicted molar refractivity (Wildman–Crippen MR) is 136 cm³/mol. The molecule has 0 fully saturated rings. The van der Waals surface area contributed by atoms with Crippen molar-refractivity contribution in [3.05, 3.63) is 122 Å². The van der Waals surface area contributed by atoms with Gasteiger partial charge in [0.2, 0.25) is 0 Å². The molecule has 1 amide bonds. The summed E-state index contributed by atoms with van der Waals surface area (Å²) in [6.07, 6.45) is 0.651. The maximum atomic E-state index is 13.0. The van der Waals surface area contributed by atoms with Crippen molar-refractivity contribution in [1.29, 1.82) is 0 Å². The summed E-state index contributed by atoms with van der Waals surface area (Å²) in [4.78, 5) is 41.3. The van der Waals surface area contributed by atoms with Crippen LogP contribution in [0.15, 0.2) is 94.5 Å². The summed E-state index contributed by atoms with van der Waals surface area (Å²) in [6.45, 7) is -0.153. The lowest BCUT2D eigenvalue weighted by Crippen LogP contribution is -2.41. The van der Waals surface area contributed by atoms with E-state index in [0.29, 0.717) is 12.2 Å². The number of nitrogen functional groups attached to an aromatic ring is 1. The molecule has 0 bridgehead atoms. The quantitative estimate of drug-likeness (QED) is 0.411. The van der Waals surface area contributed by atoms with E-state index < -0.39 is 17.2 Å². The lowest BCUT2D eigenvalue weighted by molar-refractivity contribution is -0.120. The molecule has 8 nitrogen and oxygen atoms in total. The van der Waals surface area contributed by atoms with E-state index in [4.69, 9.17) is 10.5 Å². The van der Waals surface area contributed by atoms with Gasteiger partial charge in [0.05, 0.1) is 6.54 Å². The third kappa shape index (κ3) is 5.50. The zero-order chi connectivity index (χ0) is 24.8. The molecule has 1 heterocycles. The van der Waals surface area contributed by atoms with Gasteiger partial charge in [-0.05, 0) is 22.8 Å². The molecule has 0 unspecified atom stereocenters. The van der Waals surface area contributed by atoms with E-state index in [1.54, 1.807) is 6.07 Å². The van der Waals surface area contributed by atoms with Crippen LogP contribution < -0.4 is 26.6 Å². The van der Waals surface area contributed by atoms with Crippen LogP contribution in [-0.4, -0.2) is 29.1 Å². The van der Waals surface area contributed by atoms with Gasteiger partial charge in [-0.25, -0.2) is 4.79 Å². The monoisotopic (exact) mass is 470 g/mol. The van der Waals surface area contributed by atoms with Crippen molar-refractivity contribution in [2.24, 2.45) is 0 Å². The van der Waals surface area contributed by atoms with E-state index in [-0.39, 0.29) is 24.7 Å². The van der Waals surface area contributed by atoms with Gasteiger partial charge in [0, 0.05) is 13.5 Å². The van der Waals surface area contributed by atoms with E-state index in [0.717, 1.165) is 21.6 Å². The van der Waals surface area contributed by atoms with Crippen molar-refractivity contribution in [2.45, 2.75) is 13.0 Å². The van der Waals surface area contributed by atoms with Crippen molar-refractivity contribution in [1.82, 2.24) is 9.55 Å². The number of ether oxygens (including phenoxy) is 1. The number of likely N-dealkylation sites (N-methyl/N-ethyl adjacent to an activating group) is 1. The Morgan fingerprint density at radius 3 is 2.20 bits per heavy atom. The molecule has 0 atom stereocenters. The first-order valence-corrected chi connectivity index (χ1v) is 11.1. The number of hydrogen-bond donors (Lipinski definition) is 2. The van der Waals surface area contributed by atoms with Crippen LogP contribution in [0.3, 0.4) is 0 Å². The second-order valence-corrected chi connectivity index (χ2v) is 8.08. The van der Waals surface area contributed by atoms with Crippen LogP contribution in [0.5, 0.6) is 5.75 Å². The van der Waals surface area contributed by atoms with Crippen LogP contribution in [0.4, 0.5) is 11.5 Å². The maximum Gasteiger partial charge on any atom is 0.330 e. The van der Waals surface area contributed by atoms with E-state index in [9.17, 15) is 14.4 Å². The molecule has 8 heteroatoms. The maximum absolute atomic E-state index is 13.0. The smallest absolute Gasteiger partial charge is 0.330 e. The Bertz CT molecular complexity index is 1430. The molecular formula is C27H26N4O4. The topological polar surface area (TPSA) is 110 Å². The van der Waals surface area contributed by atoms with E-state index in [2.05, 4.69) is 4.98 Å². The summed E-state index contributed by atoms with van der Waals surface area (Å²) in [6, 6.07) is 26.6. The molecule has 3 aromatic carbocycles. The van der Waals surface area contributed by atoms with Crippen molar-refractivity contribution in [3.8, 4) is 5.75 Å². The van der Waals surface area contributed by atoms with Crippen molar-refractivity contribution < 1.29 is 9.53 Å². The SMILES string of the molecule is CN(C(=O)COc1ccccc1Cc1ccccc1)c1c(N)n(Cc2ccccc2)c(=O)[nH]c1=O. The fourth-order valence-corrected chi connectivity index (χ4v) is 3.79. The van der Waals surface area contributed by atoms with Crippen LogP contribution in [0.2, 0.25) is 0 Å². The number of benzene rings is 3. The number of hydrogen-bond acceptors (Lipinski definition) is 5. The Hall–Kier alpha value is -4.59. The summed E-state index contributed by atoms with van der Waals surface area (Å²) in [5.41, 5.74) is 7.58. The normalized spacial score (nSPS) is 10.7. The van der Waals surface area contributed by atoms with E-state index >= 15 is 0 Å². The van der Waals surface area contributed by atoms with Crippen LogP contribution in [0.25, 0.3) is 0 Å². The molecule has 0 aliphatic heterocycles. The molecule has 0 aliphatic rings. The molecular weight excluding hydrogens is 444 g/mol. The highest BCUT2D eigenvalue weighted by molar-refractivity contribution is 5.96. The summed E-state index contributed by atoms with van der Waals surface area (Å²) in [5.74, 6) is -0.00131. The Morgan fingerprint density at radius 2 is 1.51 bits per heavy atom. The number of nitrogens with one attached hydrogen (secondary N) is 1. The highest BCUT2D eigenvalue weighted by Crippen LogP contribution is 2.22. The molecule has 0 saturated heterocycles. The number of rotatable bonds is 8. The van der Waals surface area contributed by atoms with Crippen LogP contribution in [0, 0.1) is 0 Å². The van der Waals surface area contributed by atoms with Gasteiger partial charge in [-0.2, -0.15) is 0 Å². The summed E-state index contributed by atoms with van der Waals surface area (Å²) in [5, 5.41) is 0. The minimum absolute atomic E-state index is 0.0945. The summed E-state index contributed by atoms with van der Waals surface area (Å²) < 4.78 is 7.06. The Labute approximate surface area is 202 Å². The number of carbonyl (C=O) groups is 1. The first kappa shape index (κ1) is 23.6. The standard InChI is InChI=1S/C27H26N4O4/c1-30(24-25(28)31(27(34)29-26(24)33)17-20-12-6-3-7-13-20)23(32)18-35-22-15-9-8-14-21(22)16-19-10-4-2-5-11-19/h2-15H,16-18,28H2,1H3,(H,29,33,34). The first-order valence-electron chi connectivity index (χ1n) is 11.1. The fourth-order valence-electron chi connectivity index (χ4n) is 3.79. The van der Waals surface area contributed by atoms with Crippen LogP contribution >= 0.6 is 0 Å². The van der Waals surface area contributed by atoms with Gasteiger partial charge in [-0.1, -0.05) is 78.9 Å². The van der Waals surface area contributed by atoms with Gasteiger partial charge in [0.15, 0.2) is 12.3 Å². The summed E-state index contributed by atoms with van der Waals surface area (Å²) >= 11 is 0. The number of aromatic nitrogens is 2. The Kier molecular flexibility index (Phi) is 7.11. The average Bonchev–Trinajstić information content (AvgIpc) is 2.87. The van der Waals surface area contributed by atoms with Gasteiger partial charge in [-0.15, -0.1) is 0 Å². The molecule has 3 N–H and O–H groups in total. The Balaban J connectivity index is 1.52. The van der Waals surface area contributed by atoms with Crippen molar-refractivity contribution >= 4 is 17.4 Å². The zero-order valence-electron chi connectivity index (χ0n) is 19.3. The van der Waals surface area contributed by atoms with Gasteiger partial charge >= 0.3 is 5.69 Å². The van der Waals surface area contributed by atoms with Gasteiger partial charge in [-0.3, -0.25) is 19.1 Å². The highest BCUT2D eigenvalue weighted by Gasteiger charge is 2.22. The van der Waals surface area contributed by atoms with Gasteiger partial charge in [0.25, 0.3) is 11.5 Å². The molecule has 35 heavy (non-hydrogen) atoms. The van der Waals surface area contributed by atoms with Crippen molar-refractivity contribution in [2.75, 3.05) is 24.3 Å². The second-order valence-electron chi connectivity index (χ2n) is 8.08.